The Labute approximate surface area is 169 Å². The van der Waals surface area contributed by atoms with E-state index in [1.165, 1.54) is 0 Å². The van der Waals surface area contributed by atoms with Gasteiger partial charge in [-0.05, 0) is 56.3 Å². The van der Waals surface area contributed by atoms with Gasteiger partial charge >= 0.3 is 13.2 Å². The summed E-state index contributed by atoms with van der Waals surface area (Å²) >= 11 is 0. The SMILES string of the molecule is Cc1cc(C)n(-c2ccc(C(=O)Nc3ccc(OC(F)F)cc3OC(F)F)cc2)n1. The summed E-state index contributed by atoms with van der Waals surface area (Å²) in [6, 6.07) is 11.5. The van der Waals surface area contributed by atoms with Gasteiger partial charge in [0.25, 0.3) is 5.91 Å². The van der Waals surface area contributed by atoms with Crippen molar-refractivity contribution in [1.82, 2.24) is 9.78 Å². The Bertz CT molecular complexity index is 1040. The number of nitrogens with zero attached hydrogens (tertiary/aromatic N) is 2. The molecule has 1 amide bonds. The van der Waals surface area contributed by atoms with E-state index in [4.69, 9.17) is 0 Å². The second-order valence-corrected chi connectivity index (χ2v) is 6.25. The number of hydrogen-bond acceptors (Lipinski definition) is 4. The van der Waals surface area contributed by atoms with Crippen molar-refractivity contribution in [2.75, 3.05) is 5.32 Å². The van der Waals surface area contributed by atoms with E-state index in [0.717, 1.165) is 35.3 Å². The molecular formula is C20H17F4N3O3. The quantitative estimate of drug-likeness (QED) is 0.547. The lowest BCUT2D eigenvalue weighted by Gasteiger charge is -2.14. The number of carbonyl (C=O) groups is 1. The maximum atomic E-state index is 12.7. The second kappa shape index (κ2) is 8.85. The lowest BCUT2D eigenvalue weighted by atomic mass is 10.2. The minimum atomic E-state index is -3.22. The molecule has 1 N–H and O–H groups in total. The van der Waals surface area contributed by atoms with Crippen LogP contribution in [0, 0.1) is 13.8 Å². The predicted molar refractivity (Wildman–Crippen MR) is 101 cm³/mol. The summed E-state index contributed by atoms with van der Waals surface area (Å²) in [6.45, 7) is -2.60. The first kappa shape index (κ1) is 21.2. The van der Waals surface area contributed by atoms with Gasteiger partial charge in [0.2, 0.25) is 0 Å². The van der Waals surface area contributed by atoms with Crippen molar-refractivity contribution < 1.29 is 31.8 Å². The summed E-state index contributed by atoms with van der Waals surface area (Å²) in [4.78, 5) is 12.5. The maximum Gasteiger partial charge on any atom is 0.387 e. The number of ether oxygens (including phenoxy) is 2. The molecule has 158 valence electrons. The van der Waals surface area contributed by atoms with Gasteiger partial charge in [0.15, 0.2) is 5.75 Å². The molecule has 6 nitrogen and oxygen atoms in total. The van der Waals surface area contributed by atoms with Gasteiger partial charge in [0.05, 0.1) is 17.1 Å². The Morgan fingerprint density at radius 3 is 2.20 bits per heavy atom. The van der Waals surface area contributed by atoms with Crippen molar-refractivity contribution in [2.24, 2.45) is 0 Å². The zero-order valence-corrected chi connectivity index (χ0v) is 15.9. The highest BCUT2D eigenvalue weighted by atomic mass is 19.3. The summed E-state index contributed by atoms with van der Waals surface area (Å²) in [6.07, 6.45) is 0. The van der Waals surface area contributed by atoms with E-state index in [1.807, 2.05) is 19.9 Å². The van der Waals surface area contributed by atoms with Gasteiger partial charge in [-0.15, -0.1) is 0 Å². The first-order valence-corrected chi connectivity index (χ1v) is 8.71. The molecule has 3 aromatic rings. The molecule has 30 heavy (non-hydrogen) atoms. The van der Waals surface area contributed by atoms with Crippen LogP contribution in [0.2, 0.25) is 0 Å². The molecule has 0 radical (unpaired) electrons. The first-order chi connectivity index (χ1) is 14.2. The van der Waals surface area contributed by atoms with Crippen LogP contribution in [0.25, 0.3) is 5.69 Å². The molecule has 0 spiro atoms. The van der Waals surface area contributed by atoms with E-state index >= 15 is 0 Å². The summed E-state index contributed by atoms with van der Waals surface area (Å²) in [5.41, 5.74) is 2.64. The van der Waals surface area contributed by atoms with Crippen LogP contribution in [0.15, 0.2) is 48.5 Å². The van der Waals surface area contributed by atoms with Crippen LogP contribution in [0.3, 0.4) is 0 Å². The van der Waals surface area contributed by atoms with E-state index in [0.29, 0.717) is 0 Å². The van der Waals surface area contributed by atoms with E-state index in [2.05, 4.69) is 19.9 Å². The Kier molecular flexibility index (Phi) is 6.24. The highest BCUT2D eigenvalue weighted by Gasteiger charge is 2.16. The van der Waals surface area contributed by atoms with Gasteiger partial charge in [-0.1, -0.05) is 0 Å². The topological polar surface area (TPSA) is 65.4 Å². The number of halogens is 4. The Hall–Kier alpha value is -3.56. The molecule has 0 aliphatic carbocycles. The molecule has 0 aliphatic heterocycles. The molecule has 0 bridgehead atoms. The third kappa shape index (κ3) is 5.07. The standard InChI is InChI=1S/C20H17F4N3O3/c1-11-9-12(2)27(26-11)14-5-3-13(4-6-14)18(28)25-16-8-7-15(29-19(21)22)10-17(16)30-20(23)24/h3-10,19-20H,1-2H3,(H,25,28). The Morgan fingerprint density at radius 1 is 0.967 bits per heavy atom. The molecule has 0 atom stereocenters. The van der Waals surface area contributed by atoms with Gasteiger partial charge in [0.1, 0.15) is 5.75 Å². The third-order valence-corrected chi connectivity index (χ3v) is 4.03. The highest BCUT2D eigenvalue weighted by molar-refractivity contribution is 6.05. The predicted octanol–water partition coefficient (Wildman–Crippen LogP) is 4.94. The van der Waals surface area contributed by atoms with E-state index in [1.54, 1.807) is 28.9 Å². The molecule has 0 saturated heterocycles. The van der Waals surface area contributed by atoms with Gasteiger partial charge in [0, 0.05) is 17.3 Å². The molecule has 2 aromatic carbocycles. The smallest absolute Gasteiger partial charge is 0.387 e. The number of rotatable bonds is 7. The van der Waals surface area contributed by atoms with Crippen LogP contribution < -0.4 is 14.8 Å². The van der Waals surface area contributed by atoms with Crippen LogP contribution in [0.1, 0.15) is 21.7 Å². The molecule has 1 heterocycles. The number of anilines is 1. The van der Waals surface area contributed by atoms with Crippen LogP contribution in [-0.2, 0) is 0 Å². The zero-order chi connectivity index (χ0) is 21.8. The number of aromatic nitrogens is 2. The zero-order valence-electron chi connectivity index (χ0n) is 15.9. The average molecular weight is 423 g/mol. The van der Waals surface area contributed by atoms with Crippen LogP contribution >= 0.6 is 0 Å². The number of alkyl halides is 4. The van der Waals surface area contributed by atoms with Crippen molar-refractivity contribution in [2.45, 2.75) is 27.1 Å². The van der Waals surface area contributed by atoms with Gasteiger partial charge in [-0.2, -0.15) is 22.7 Å². The van der Waals surface area contributed by atoms with Crippen LogP contribution in [0.5, 0.6) is 11.5 Å². The molecule has 0 fully saturated rings. The van der Waals surface area contributed by atoms with E-state index in [9.17, 15) is 22.4 Å². The monoisotopic (exact) mass is 423 g/mol. The summed E-state index contributed by atoms with van der Waals surface area (Å²) in [5, 5.41) is 6.78. The minimum absolute atomic E-state index is 0.121. The number of benzene rings is 2. The Balaban J connectivity index is 1.80. The number of hydrogen-bond donors (Lipinski definition) is 1. The van der Waals surface area contributed by atoms with Crippen molar-refractivity contribution in [3.05, 3.63) is 65.5 Å². The normalized spacial score (nSPS) is 11.1. The molecule has 1 aromatic heterocycles. The van der Waals surface area contributed by atoms with Gasteiger partial charge in [-0.25, -0.2) is 4.68 Å². The van der Waals surface area contributed by atoms with Crippen LogP contribution in [0.4, 0.5) is 23.2 Å². The largest absolute Gasteiger partial charge is 0.435 e. The van der Waals surface area contributed by atoms with Crippen LogP contribution in [-0.4, -0.2) is 28.9 Å². The third-order valence-electron chi connectivity index (χ3n) is 4.03. The van der Waals surface area contributed by atoms with E-state index < -0.39 is 24.9 Å². The van der Waals surface area contributed by atoms with Crippen molar-refractivity contribution >= 4 is 11.6 Å². The highest BCUT2D eigenvalue weighted by Crippen LogP contribution is 2.32. The van der Waals surface area contributed by atoms with Crippen molar-refractivity contribution in [3.8, 4) is 17.2 Å². The summed E-state index contributed by atoms with van der Waals surface area (Å²) in [5.74, 6) is -1.49. The number of amides is 1. The molecule has 0 aliphatic rings. The lowest BCUT2D eigenvalue weighted by Crippen LogP contribution is -2.14. The summed E-state index contributed by atoms with van der Waals surface area (Å²) in [7, 11) is 0. The Morgan fingerprint density at radius 2 is 1.63 bits per heavy atom. The first-order valence-electron chi connectivity index (χ1n) is 8.71. The fourth-order valence-corrected chi connectivity index (χ4v) is 2.81. The average Bonchev–Trinajstić information content (AvgIpc) is 3.01. The van der Waals surface area contributed by atoms with Crippen molar-refractivity contribution in [3.63, 3.8) is 0 Å². The summed E-state index contributed by atoms with van der Waals surface area (Å²) < 4.78 is 60.2. The maximum absolute atomic E-state index is 12.7. The number of aryl methyl sites for hydroxylation is 2. The molecular weight excluding hydrogens is 406 g/mol. The molecule has 10 heteroatoms. The molecule has 3 rings (SSSR count). The molecule has 0 unspecified atom stereocenters. The second-order valence-electron chi connectivity index (χ2n) is 6.25. The lowest BCUT2D eigenvalue weighted by molar-refractivity contribution is -0.0540. The van der Waals surface area contributed by atoms with Gasteiger partial charge < -0.3 is 14.8 Å². The fourth-order valence-electron chi connectivity index (χ4n) is 2.81. The van der Waals surface area contributed by atoms with Crippen molar-refractivity contribution in [1.29, 1.82) is 0 Å². The minimum Gasteiger partial charge on any atom is -0.435 e. The number of carbonyl (C=O) groups excluding carboxylic acids is 1. The van der Waals surface area contributed by atoms with Gasteiger partial charge in [-0.3, -0.25) is 4.79 Å². The fraction of sp³-hybridized carbons (Fsp3) is 0.200. The molecule has 0 saturated carbocycles. The number of nitrogens with one attached hydrogen (secondary N) is 1. The van der Waals surface area contributed by atoms with E-state index in [-0.39, 0.29) is 17.0 Å².